The van der Waals surface area contributed by atoms with E-state index < -0.39 is 0 Å². The molecule has 0 spiro atoms. The summed E-state index contributed by atoms with van der Waals surface area (Å²) in [5.74, 6) is 0. The van der Waals surface area contributed by atoms with Gasteiger partial charge in [0.15, 0.2) is 0 Å². The van der Waals surface area contributed by atoms with Crippen molar-refractivity contribution in [2.75, 3.05) is 5.32 Å². The maximum Gasteiger partial charge on any atom is 0.0539 e. The Morgan fingerprint density at radius 2 is 2.00 bits per heavy atom. The van der Waals surface area contributed by atoms with Crippen molar-refractivity contribution >= 4 is 5.69 Å². The minimum atomic E-state index is 0.781. The Labute approximate surface area is 112 Å². The van der Waals surface area contributed by atoms with E-state index >= 15 is 0 Å². The van der Waals surface area contributed by atoms with Crippen LogP contribution >= 0.6 is 0 Å². The lowest BCUT2D eigenvalue weighted by molar-refractivity contribution is 0.767. The van der Waals surface area contributed by atoms with Gasteiger partial charge >= 0.3 is 0 Å². The van der Waals surface area contributed by atoms with Crippen molar-refractivity contribution in [1.82, 2.24) is 14.3 Å². The number of aromatic nitrogens is 3. The van der Waals surface area contributed by atoms with Crippen LogP contribution in [0.25, 0.3) is 5.69 Å². The van der Waals surface area contributed by atoms with Crippen LogP contribution in [0.2, 0.25) is 0 Å². The van der Waals surface area contributed by atoms with Crippen molar-refractivity contribution in [2.45, 2.75) is 6.54 Å². The quantitative estimate of drug-likeness (QED) is 0.775. The minimum Gasteiger partial charge on any atom is -0.381 e. The molecule has 1 aromatic carbocycles. The molecule has 0 aliphatic rings. The molecule has 0 saturated carbocycles. The highest BCUT2D eigenvalue weighted by Gasteiger charge is 1.99. The standard InChI is InChI=1S/C15H16N4/c1-18-12-13(11-17-18)10-16-14-5-4-6-15(9-14)19-7-2-3-8-19/h2-9,11-12,16H,10H2,1H3. The molecule has 4 nitrogen and oxygen atoms in total. The molecule has 0 atom stereocenters. The Morgan fingerprint density at radius 1 is 1.16 bits per heavy atom. The number of rotatable bonds is 4. The lowest BCUT2D eigenvalue weighted by atomic mass is 10.2. The van der Waals surface area contributed by atoms with Crippen molar-refractivity contribution < 1.29 is 0 Å². The van der Waals surface area contributed by atoms with Crippen molar-refractivity contribution in [3.8, 4) is 5.69 Å². The molecule has 0 fully saturated rings. The molecule has 0 unspecified atom stereocenters. The van der Waals surface area contributed by atoms with E-state index in [1.807, 2.05) is 48.6 Å². The summed E-state index contributed by atoms with van der Waals surface area (Å²) in [6.07, 6.45) is 7.98. The number of anilines is 1. The van der Waals surface area contributed by atoms with Crippen LogP contribution in [-0.2, 0) is 13.6 Å². The number of hydrogen-bond acceptors (Lipinski definition) is 2. The molecule has 0 amide bonds. The highest BCUT2D eigenvalue weighted by atomic mass is 15.2. The third-order valence-electron chi connectivity index (χ3n) is 3.00. The summed E-state index contributed by atoms with van der Waals surface area (Å²) in [5.41, 5.74) is 3.44. The van der Waals surface area contributed by atoms with E-state index in [1.54, 1.807) is 0 Å². The van der Waals surface area contributed by atoms with Crippen molar-refractivity contribution in [2.24, 2.45) is 7.05 Å². The molecule has 96 valence electrons. The summed E-state index contributed by atoms with van der Waals surface area (Å²) in [5, 5.41) is 7.57. The van der Waals surface area contributed by atoms with Crippen LogP contribution in [0.5, 0.6) is 0 Å². The predicted octanol–water partition coefficient (Wildman–Crippen LogP) is 2.82. The first-order chi connectivity index (χ1) is 9.31. The molecular weight excluding hydrogens is 236 g/mol. The third kappa shape index (κ3) is 2.68. The van der Waals surface area contributed by atoms with Gasteiger partial charge in [0.2, 0.25) is 0 Å². The molecule has 2 heterocycles. The van der Waals surface area contributed by atoms with Gasteiger partial charge < -0.3 is 9.88 Å². The van der Waals surface area contributed by atoms with Crippen LogP contribution in [0.3, 0.4) is 0 Å². The Bertz CT molecular complexity index is 652. The molecule has 0 aliphatic heterocycles. The van der Waals surface area contributed by atoms with E-state index in [1.165, 1.54) is 5.56 Å². The summed E-state index contributed by atoms with van der Waals surface area (Å²) >= 11 is 0. The van der Waals surface area contributed by atoms with Gasteiger partial charge in [0, 0.05) is 49.1 Å². The van der Waals surface area contributed by atoms with Gasteiger partial charge in [0.05, 0.1) is 6.20 Å². The van der Waals surface area contributed by atoms with Gasteiger partial charge in [0.25, 0.3) is 0 Å². The lowest BCUT2D eigenvalue weighted by Gasteiger charge is -2.08. The molecule has 0 bridgehead atoms. The van der Waals surface area contributed by atoms with Crippen LogP contribution < -0.4 is 5.32 Å². The molecule has 2 aromatic heterocycles. The van der Waals surface area contributed by atoms with Crippen molar-refractivity contribution in [3.05, 3.63) is 66.7 Å². The predicted molar refractivity (Wildman–Crippen MR) is 76.3 cm³/mol. The maximum atomic E-state index is 4.16. The summed E-state index contributed by atoms with van der Waals surface area (Å²) in [4.78, 5) is 0. The second kappa shape index (κ2) is 5.02. The van der Waals surface area contributed by atoms with E-state index in [0.717, 1.165) is 17.9 Å². The molecule has 19 heavy (non-hydrogen) atoms. The molecule has 3 aromatic rings. The van der Waals surface area contributed by atoms with E-state index in [2.05, 4.69) is 39.2 Å². The van der Waals surface area contributed by atoms with Crippen molar-refractivity contribution in [3.63, 3.8) is 0 Å². The first-order valence-electron chi connectivity index (χ1n) is 6.26. The summed E-state index contributed by atoms with van der Waals surface area (Å²) in [7, 11) is 1.93. The molecule has 0 radical (unpaired) electrons. The zero-order chi connectivity index (χ0) is 13.1. The Morgan fingerprint density at radius 3 is 2.74 bits per heavy atom. The summed E-state index contributed by atoms with van der Waals surface area (Å²) in [6.45, 7) is 0.781. The zero-order valence-electron chi connectivity index (χ0n) is 10.8. The van der Waals surface area contributed by atoms with E-state index in [4.69, 9.17) is 0 Å². The summed E-state index contributed by atoms with van der Waals surface area (Å²) < 4.78 is 3.91. The molecule has 3 rings (SSSR count). The van der Waals surface area contributed by atoms with Crippen LogP contribution in [-0.4, -0.2) is 14.3 Å². The summed E-state index contributed by atoms with van der Waals surface area (Å²) in [6, 6.07) is 12.4. The number of hydrogen-bond donors (Lipinski definition) is 1. The average Bonchev–Trinajstić information content (AvgIpc) is 3.08. The second-order valence-corrected chi connectivity index (χ2v) is 4.52. The molecule has 0 aliphatic carbocycles. The highest BCUT2D eigenvalue weighted by molar-refractivity contribution is 5.51. The smallest absolute Gasteiger partial charge is 0.0539 e. The van der Waals surface area contributed by atoms with Gasteiger partial charge in [-0.05, 0) is 30.3 Å². The van der Waals surface area contributed by atoms with Gasteiger partial charge in [0.1, 0.15) is 0 Å². The second-order valence-electron chi connectivity index (χ2n) is 4.52. The van der Waals surface area contributed by atoms with Gasteiger partial charge in [-0.3, -0.25) is 4.68 Å². The Kier molecular flexibility index (Phi) is 3.06. The lowest BCUT2D eigenvalue weighted by Crippen LogP contribution is -1.99. The van der Waals surface area contributed by atoms with Crippen molar-refractivity contribution in [1.29, 1.82) is 0 Å². The SMILES string of the molecule is Cn1cc(CNc2cccc(-n3cccc3)c2)cn1. The topological polar surface area (TPSA) is 34.8 Å². The number of aryl methyl sites for hydroxylation is 1. The van der Waals surface area contributed by atoms with Gasteiger partial charge in [-0.25, -0.2) is 0 Å². The van der Waals surface area contributed by atoms with Gasteiger partial charge in [-0.1, -0.05) is 6.07 Å². The molecule has 1 N–H and O–H groups in total. The number of nitrogens with one attached hydrogen (secondary N) is 1. The normalized spacial score (nSPS) is 10.6. The minimum absolute atomic E-state index is 0.781. The van der Waals surface area contributed by atoms with Gasteiger partial charge in [-0.2, -0.15) is 5.10 Å². The highest BCUT2D eigenvalue weighted by Crippen LogP contribution is 2.15. The van der Waals surface area contributed by atoms with Crippen LogP contribution in [0.1, 0.15) is 5.56 Å². The zero-order valence-corrected chi connectivity index (χ0v) is 10.8. The number of nitrogens with zero attached hydrogens (tertiary/aromatic N) is 3. The van der Waals surface area contributed by atoms with Gasteiger partial charge in [-0.15, -0.1) is 0 Å². The Hall–Kier alpha value is -2.49. The third-order valence-corrected chi connectivity index (χ3v) is 3.00. The monoisotopic (exact) mass is 252 g/mol. The van der Waals surface area contributed by atoms with E-state index in [-0.39, 0.29) is 0 Å². The van der Waals surface area contributed by atoms with E-state index in [0.29, 0.717) is 0 Å². The van der Waals surface area contributed by atoms with Crippen LogP contribution in [0.4, 0.5) is 5.69 Å². The van der Waals surface area contributed by atoms with Crippen LogP contribution in [0.15, 0.2) is 61.2 Å². The first-order valence-corrected chi connectivity index (χ1v) is 6.26. The molecule has 4 heteroatoms. The largest absolute Gasteiger partial charge is 0.381 e. The fourth-order valence-electron chi connectivity index (χ4n) is 2.05. The molecular formula is C15H16N4. The maximum absolute atomic E-state index is 4.16. The van der Waals surface area contributed by atoms with E-state index in [9.17, 15) is 0 Å². The fraction of sp³-hybridized carbons (Fsp3) is 0.133. The molecule has 0 saturated heterocycles. The first kappa shape index (κ1) is 11.6. The fourth-order valence-corrected chi connectivity index (χ4v) is 2.05. The van der Waals surface area contributed by atoms with Crippen LogP contribution in [0, 0.1) is 0 Å². The number of benzene rings is 1. The Balaban J connectivity index is 1.73. The average molecular weight is 252 g/mol.